The van der Waals surface area contributed by atoms with Gasteiger partial charge >= 0.3 is 12.4 Å². The number of halogens is 6. The van der Waals surface area contributed by atoms with Gasteiger partial charge in [0, 0.05) is 13.2 Å². The van der Waals surface area contributed by atoms with Crippen molar-refractivity contribution in [3.05, 3.63) is 0 Å². The van der Waals surface area contributed by atoms with Gasteiger partial charge in [-0.05, 0) is 13.3 Å². The lowest BCUT2D eigenvalue weighted by molar-refractivity contribution is -0.270. The number of hydrogen-bond donors (Lipinski definition) is 0. The summed E-state index contributed by atoms with van der Waals surface area (Å²) >= 11 is 0. The molecule has 0 fully saturated rings. The zero-order chi connectivity index (χ0) is 15.8. The van der Waals surface area contributed by atoms with E-state index in [2.05, 4.69) is 14.2 Å². The fourth-order valence-electron chi connectivity index (χ4n) is 1.16. The highest BCUT2D eigenvalue weighted by Gasteiger charge is 2.45. The monoisotopic (exact) mass is 312 g/mol. The van der Waals surface area contributed by atoms with Gasteiger partial charge in [0.1, 0.15) is 0 Å². The predicted octanol–water partition coefficient (Wildman–Crippen LogP) is 3.33. The van der Waals surface area contributed by atoms with Gasteiger partial charge in [-0.2, -0.15) is 26.3 Å². The molecule has 0 saturated carbocycles. The second-order valence-corrected chi connectivity index (χ2v) is 3.92. The zero-order valence-corrected chi connectivity index (χ0v) is 11.2. The molecule has 0 bridgehead atoms. The molecule has 3 nitrogen and oxygen atoms in total. The van der Waals surface area contributed by atoms with Gasteiger partial charge < -0.3 is 14.2 Å². The number of ether oxygens (including phenoxy) is 3. The first-order valence-corrected chi connectivity index (χ1v) is 6.07. The molecule has 0 aliphatic rings. The number of alkyl halides is 6. The molecule has 2 unspecified atom stereocenters. The summed E-state index contributed by atoms with van der Waals surface area (Å²) in [6.07, 6.45) is -14.0. The van der Waals surface area contributed by atoms with E-state index in [1.807, 2.05) is 0 Å². The smallest absolute Gasteiger partial charge is 0.379 e. The third-order valence-corrected chi connectivity index (χ3v) is 2.18. The van der Waals surface area contributed by atoms with Crippen molar-refractivity contribution < 1.29 is 40.6 Å². The third kappa shape index (κ3) is 7.91. The molecule has 0 aliphatic carbocycles. The second-order valence-electron chi connectivity index (χ2n) is 3.92. The minimum Gasteiger partial charge on any atom is -0.379 e. The minimum absolute atomic E-state index is 0.00493. The van der Waals surface area contributed by atoms with Crippen LogP contribution in [-0.4, -0.2) is 51.0 Å². The van der Waals surface area contributed by atoms with Gasteiger partial charge in [-0.1, -0.05) is 6.92 Å². The van der Waals surface area contributed by atoms with E-state index in [4.69, 9.17) is 0 Å². The largest absolute Gasteiger partial charge is 0.416 e. The normalized spacial score (nSPS) is 16.2. The molecule has 0 radical (unpaired) electrons. The Morgan fingerprint density at radius 2 is 1.30 bits per heavy atom. The van der Waals surface area contributed by atoms with Gasteiger partial charge in [0.25, 0.3) is 0 Å². The van der Waals surface area contributed by atoms with Crippen molar-refractivity contribution in [3.63, 3.8) is 0 Å². The maximum absolute atomic E-state index is 12.5. The standard InChI is InChI=1S/C11H18F6O3/c1-3-5-19-9(11(15,16)17)7-20-8(6-18-4-2)10(12,13)14/h8-9H,3-7H2,1-2H3. The van der Waals surface area contributed by atoms with E-state index in [1.54, 1.807) is 6.92 Å². The Labute approximate surface area is 113 Å². The predicted molar refractivity (Wildman–Crippen MR) is 58.4 cm³/mol. The van der Waals surface area contributed by atoms with E-state index >= 15 is 0 Å². The highest BCUT2D eigenvalue weighted by atomic mass is 19.4. The summed E-state index contributed by atoms with van der Waals surface area (Å²) in [4.78, 5) is 0. The average molecular weight is 312 g/mol. The fourth-order valence-corrected chi connectivity index (χ4v) is 1.16. The Morgan fingerprint density at radius 1 is 0.800 bits per heavy atom. The van der Waals surface area contributed by atoms with Crippen LogP contribution in [0.4, 0.5) is 26.3 Å². The fraction of sp³-hybridized carbons (Fsp3) is 1.00. The van der Waals surface area contributed by atoms with Crippen molar-refractivity contribution in [2.75, 3.05) is 26.4 Å². The molecule has 0 heterocycles. The van der Waals surface area contributed by atoms with Crippen molar-refractivity contribution in [3.8, 4) is 0 Å². The second kappa shape index (κ2) is 8.68. The number of hydrogen-bond acceptors (Lipinski definition) is 3. The summed E-state index contributed by atoms with van der Waals surface area (Å²) in [5.74, 6) is 0. The van der Waals surface area contributed by atoms with Crippen LogP contribution in [0, 0.1) is 0 Å². The maximum Gasteiger partial charge on any atom is 0.416 e. The molecule has 0 aromatic carbocycles. The van der Waals surface area contributed by atoms with Crippen LogP contribution in [0.3, 0.4) is 0 Å². The highest BCUT2D eigenvalue weighted by molar-refractivity contribution is 4.72. The molecular weight excluding hydrogens is 294 g/mol. The number of rotatable bonds is 9. The van der Waals surface area contributed by atoms with Crippen molar-refractivity contribution >= 4 is 0 Å². The quantitative estimate of drug-likeness (QED) is 0.611. The van der Waals surface area contributed by atoms with E-state index in [0.29, 0.717) is 6.42 Å². The van der Waals surface area contributed by atoms with Crippen LogP contribution in [0.1, 0.15) is 20.3 Å². The third-order valence-electron chi connectivity index (χ3n) is 2.18. The molecule has 0 aromatic rings. The lowest BCUT2D eigenvalue weighted by atomic mass is 10.3. The highest BCUT2D eigenvalue weighted by Crippen LogP contribution is 2.27. The first-order chi connectivity index (χ1) is 9.12. The van der Waals surface area contributed by atoms with E-state index in [0.717, 1.165) is 0 Å². The molecule has 9 heteroatoms. The first kappa shape index (κ1) is 19.5. The molecule has 0 rings (SSSR count). The van der Waals surface area contributed by atoms with Crippen molar-refractivity contribution in [2.24, 2.45) is 0 Å². The van der Waals surface area contributed by atoms with Gasteiger partial charge in [0.15, 0.2) is 12.2 Å². The lowest BCUT2D eigenvalue weighted by Crippen LogP contribution is -2.42. The SMILES string of the molecule is CCCOC(COC(COCC)C(F)(F)F)C(F)(F)F. The molecule has 0 amide bonds. The minimum atomic E-state index is -4.80. The van der Waals surface area contributed by atoms with Crippen molar-refractivity contribution in [2.45, 2.75) is 44.8 Å². The van der Waals surface area contributed by atoms with Crippen LogP contribution in [-0.2, 0) is 14.2 Å². The average Bonchev–Trinajstić information content (AvgIpc) is 2.29. The molecule has 20 heavy (non-hydrogen) atoms. The van der Waals surface area contributed by atoms with Gasteiger partial charge in [-0.15, -0.1) is 0 Å². The van der Waals surface area contributed by atoms with Gasteiger partial charge in [0.2, 0.25) is 0 Å². The van der Waals surface area contributed by atoms with E-state index < -0.39 is 37.8 Å². The van der Waals surface area contributed by atoms with Crippen LogP contribution < -0.4 is 0 Å². The van der Waals surface area contributed by atoms with E-state index in [9.17, 15) is 26.3 Å². The van der Waals surface area contributed by atoms with E-state index in [1.165, 1.54) is 6.92 Å². The Balaban J connectivity index is 4.53. The van der Waals surface area contributed by atoms with Crippen molar-refractivity contribution in [1.29, 1.82) is 0 Å². The van der Waals surface area contributed by atoms with Crippen LogP contribution in [0.2, 0.25) is 0 Å². The summed E-state index contributed by atoms with van der Waals surface area (Å²) in [6.45, 7) is 0.776. The molecule has 0 spiro atoms. The van der Waals surface area contributed by atoms with Crippen LogP contribution in [0.25, 0.3) is 0 Å². The summed E-state index contributed by atoms with van der Waals surface area (Å²) in [6, 6.07) is 0. The first-order valence-electron chi connectivity index (χ1n) is 6.07. The summed E-state index contributed by atoms with van der Waals surface area (Å²) < 4.78 is 88.4. The van der Waals surface area contributed by atoms with Gasteiger partial charge in [-0.25, -0.2) is 0 Å². The Bertz CT molecular complexity index is 228. The van der Waals surface area contributed by atoms with Gasteiger partial charge in [-0.3, -0.25) is 0 Å². The molecule has 0 aliphatic heterocycles. The Hall–Kier alpha value is -0.540. The molecule has 0 saturated heterocycles. The molecule has 122 valence electrons. The van der Waals surface area contributed by atoms with Crippen LogP contribution in [0.15, 0.2) is 0 Å². The Kier molecular flexibility index (Phi) is 8.45. The maximum atomic E-state index is 12.5. The van der Waals surface area contributed by atoms with Crippen LogP contribution >= 0.6 is 0 Å². The molecule has 0 aromatic heterocycles. The molecular formula is C11H18F6O3. The van der Waals surface area contributed by atoms with Crippen molar-refractivity contribution in [1.82, 2.24) is 0 Å². The summed E-state index contributed by atoms with van der Waals surface area (Å²) in [5, 5.41) is 0. The molecule has 0 N–H and O–H groups in total. The summed E-state index contributed by atoms with van der Waals surface area (Å²) in [5.41, 5.74) is 0. The van der Waals surface area contributed by atoms with E-state index in [-0.39, 0.29) is 13.2 Å². The zero-order valence-electron chi connectivity index (χ0n) is 11.2. The molecule has 2 atom stereocenters. The van der Waals surface area contributed by atoms with Gasteiger partial charge in [0.05, 0.1) is 13.2 Å². The summed E-state index contributed by atoms with van der Waals surface area (Å²) in [7, 11) is 0. The lowest BCUT2D eigenvalue weighted by Gasteiger charge is -2.25. The van der Waals surface area contributed by atoms with Crippen LogP contribution in [0.5, 0.6) is 0 Å². The topological polar surface area (TPSA) is 27.7 Å². The Morgan fingerprint density at radius 3 is 1.70 bits per heavy atom.